The molecule has 56 valence electrons. The molecule has 1 aliphatic rings. The van der Waals surface area contributed by atoms with Gasteiger partial charge in [0.05, 0.1) is 6.20 Å². The highest BCUT2D eigenvalue weighted by Gasteiger charge is 1.92. The summed E-state index contributed by atoms with van der Waals surface area (Å²) in [4.78, 5) is 13.3. The summed E-state index contributed by atoms with van der Waals surface area (Å²) in [6, 6.07) is 0. The van der Waals surface area contributed by atoms with E-state index in [0.29, 0.717) is 0 Å². The molecule has 6 nitrogen and oxygen atoms in total. The van der Waals surface area contributed by atoms with E-state index in [-0.39, 0.29) is 5.91 Å². The van der Waals surface area contributed by atoms with Crippen molar-refractivity contribution >= 4 is 5.91 Å². The molecule has 1 aromatic heterocycles. The van der Waals surface area contributed by atoms with E-state index in [1.165, 1.54) is 25.0 Å². The number of carbonyl (C=O) groups excluding carboxylic acids is 1. The van der Waals surface area contributed by atoms with Crippen LogP contribution >= 0.6 is 0 Å². The van der Waals surface area contributed by atoms with Crippen LogP contribution in [0.3, 0.4) is 0 Å². The first kappa shape index (κ1) is 7.26. The smallest absolute Gasteiger partial charge is 0.289 e. The zero-order valence-corrected chi connectivity index (χ0v) is 5.41. The van der Waals surface area contributed by atoms with E-state index in [1.54, 1.807) is 0 Å². The summed E-state index contributed by atoms with van der Waals surface area (Å²) in [6.45, 7) is 0. The highest BCUT2D eigenvalue weighted by atomic mass is 16.5. The molecular weight excluding hydrogens is 148 g/mol. The Morgan fingerprint density at radius 2 is 2.36 bits per heavy atom. The summed E-state index contributed by atoms with van der Waals surface area (Å²) in [5.74, 6) is -0.269. The fourth-order valence-electron chi connectivity index (χ4n) is 0.357. The molecule has 0 aliphatic carbocycles. The Hall–Kier alpha value is -1.85. The van der Waals surface area contributed by atoms with Gasteiger partial charge in [0.1, 0.15) is 0 Å². The van der Waals surface area contributed by atoms with E-state index in [1.807, 2.05) is 0 Å². The molecular formula is C5H4N4O2. The molecule has 0 bridgehead atoms. The van der Waals surface area contributed by atoms with Gasteiger partial charge in [-0.15, -0.1) is 5.11 Å². The van der Waals surface area contributed by atoms with Gasteiger partial charge < -0.3 is 4.52 Å². The number of azo groups is 1. The lowest BCUT2D eigenvalue weighted by atomic mass is 10.6. The zero-order chi connectivity index (χ0) is 7.94. The highest BCUT2D eigenvalue weighted by molar-refractivity contribution is 5.89. The minimum absolute atomic E-state index is 0.269. The fraction of sp³-hybridized carbons (Fsp3) is 0. The lowest BCUT2D eigenvalue weighted by Crippen LogP contribution is -1.74. The third-order valence-corrected chi connectivity index (χ3v) is 0.723. The SMILES string of the molecule is O=C1C=CN=N1.c1ncon1. The van der Waals surface area contributed by atoms with Crippen molar-refractivity contribution < 1.29 is 9.32 Å². The van der Waals surface area contributed by atoms with Gasteiger partial charge in [-0.2, -0.15) is 5.11 Å². The van der Waals surface area contributed by atoms with E-state index in [0.717, 1.165) is 0 Å². The molecule has 1 aromatic rings. The minimum atomic E-state index is -0.269. The molecule has 0 unspecified atom stereocenters. The molecule has 1 aliphatic heterocycles. The van der Waals surface area contributed by atoms with E-state index in [2.05, 4.69) is 24.9 Å². The molecule has 1 amide bonds. The Labute approximate surface area is 61.6 Å². The van der Waals surface area contributed by atoms with Crippen LogP contribution in [0.25, 0.3) is 0 Å². The normalized spacial score (nSPS) is 12.9. The molecule has 0 radical (unpaired) electrons. The van der Waals surface area contributed by atoms with Crippen molar-refractivity contribution in [3.63, 3.8) is 0 Å². The van der Waals surface area contributed by atoms with Gasteiger partial charge in [0.15, 0.2) is 6.33 Å². The maximum atomic E-state index is 9.90. The predicted molar refractivity (Wildman–Crippen MR) is 33.3 cm³/mol. The van der Waals surface area contributed by atoms with Crippen LogP contribution in [0.5, 0.6) is 0 Å². The number of amides is 1. The molecule has 0 fully saturated rings. The van der Waals surface area contributed by atoms with Gasteiger partial charge in [-0.3, -0.25) is 4.79 Å². The Bertz CT molecular complexity index is 233. The van der Waals surface area contributed by atoms with Crippen molar-refractivity contribution in [1.82, 2.24) is 10.1 Å². The molecule has 0 N–H and O–H groups in total. The number of aromatic nitrogens is 2. The number of hydrogen-bond donors (Lipinski definition) is 0. The van der Waals surface area contributed by atoms with Gasteiger partial charge >= 0.3 is 0 Å². The number of carbonyl (C=O) groups is 1. The van der Waals surface area contributed by atoms with Crippen molar-refractivity contribution in [2.24, 2.45) is 10.2 Å². The fourth-order valence-corrected chi connectivity index (χ4v) is 0.357. The van der Waals surface area contributed by atoms with Gasteiger partial charge in [0.25, 0.3) is 5.91 Å². The first-order valence-electron chi connectivity index (χ1n) is 2.70. The molecule has 0 saturated heterocycles. The van der Waals surface area contributed by atoms with Crippen LogP contribution in [-0.2, 0) is 4.79 Å². The van der Waals surface area contributed by atoms with Crippen LogP contribution in [0.4, 0.5) is 0 Å². The lowest BCUT2D eigenvalue weighted by molar-refractivity contribution is -0.113. The van der Waals surface area contributed by atoms with Crippen LogP contribution < -0.4 is 0 Å². The molecule has 0 atom stereocenters. The van der Waals surface area contributed by atoms with Gasteiger partial charge in [-0.25, -0.2) is 4.98 Å². The monoisotopic (exact) mass is 152 g/mol. The molecule has 2 rings (SSSR count). The molecule has 0 spiro atoms. The largest absolute Gasteiger partial charge is 0.343 e. The van der Waals surface area contributed by atoms with Gasteiger partial charge in [-0.1, -0.05) is 5.16 Å². The predicted octanol–water partition coefficient (Wildman–Crippen LogP) is 0.562. The summed E-state index contributed by atoms with van der Waals surface area (Å²) in [7, 11) is 0. The Morgan fingerprint density at radius 1 is 1.45 bits per heavy atom. The third kappa shape index (κ3) is 2.99. The second-order valence-electron chi connectivity index (χ2n) is 1.45. The topological polar surface area (TPSA) is 80.7 Å². The van der Waals surface area contributed by atoms with Crippen molar-refractivity contribution in [3.8, 4) is 0 Å². The zero-order valence-electron chi connectivity index (χ0n) is 5.41. The Morgan fingerprint density at radius 3 is 2.55 bits per heavy atom. The van der Waals surface area contributed by atoms with Gasteiger partial charge in [0.2, 0.25) is 6.39 Å². The Balaban J connectivity index is 0.000000112. The molecule has 11 heavy (non-hydrogen) atoms. The second-order valence-corrected chi connectivity index (χ2v) is 1.45. The third-order valence-electron chi connectivity index (χ3n) is 0.723. The molecule has 6 heteroatoms. The summed E-state index contributed by atoms with van der Waals surface area (Å²) in [6.07, 6.45) is 5.27. The summed E-state index contributed by atoms with van der Waals surface area (Å²) < 4.78 is 4.22. The second kappa shape index (κ2) is 4.04. The highest BCUT2D eigenvalue weighted by Crippen LogP contribution is 1.90. The number of rotatable bonds is 0. The number of hydrogen-bond acceptors (Lipinski definition) is 5. The van der Waals surface area contributed by atoms with E-state index in [4.69, 9.17) is 0 Å². The van der Waals surface area contributed by atoms with Crippen LogP contribution in [0.1, 0.15) is 0 Å². The maximum Gasteiger partial charge on any atom is 0.289 e. The van der Waals surface area contributed by atoms with Crippen molar-refractivity contribution in [3.05, 3.63) is 25.0 Å². The van der Waals surface area contributed by atoms with Crippen LogP contribution in [0.2, 0.25) is 0 Å². The maximum absolute atomic E-state index is 9.90. The first-order valence-corrected chi connectivity index (χ1v) is 2.70. The standard InChI is InChI=1S/C3H2N2O.C2H2N2O/c6-3-1-2-4-5-3;1-3-2-5-4-1/h1-2H;1-2H. The summed E-state index contributed by atoms with van der Waals surface area (Å²) in [5.41, 5.74) is 0. The Kier molecular flexibility index (Phi) is 2.67. The molecule has 0 saturated carbocycles. The van der Waals surface area contributed by atoms with E-state index < -0.39 is 0 Å². The van der Waals surface area contributed by atoms with E-state index in [9.17, 15) is 4.79 Å². The van der Waals surface area contributed by atoms with Crippen LogP contribution in [-0.4, -0.2) is 16.0 Å². The van der Waals surface area contributed by atoms with Crippen LogP contribution in [0.15, 0.2) is 39.7 Å². The van der Waals surface area contributed by atoms with Crippen LogP contribution in [0, 0.1) is 0 Å². The van der Waals surface area contributed by atoms with Crippen molar-refractivity contribution in [2.45, 2.75) is 0 Å². The minimum Gasteiger partial charge on any atom is -0.343 e. The quantitative estimate of drug-likeness (QED) is 0.544. The lowest BCUT2D eigenvalue weighted by Gasteiger charge is -1.59. The number of nitrogens with zero attached hydrogens (tertiary/aromatic N) is 4. The summed E-state index contributed by atoms with van der Waals surface area (Å²) in [5, 5.41) is 9.61. The van der Waals surface area contributed by atoms with Crippen molar-refractivity contribution in [2.75, 3.05) is 0 Å². The van der Waals surface area contributed by atoms with Gasteiger partial charge in [-0.05, 0) is 0 Å². The first-order chi connectivity index (χ1) is 5.39. The average molecular weight is 152 g/mol. The van der Waals surface area contributed by atoms with Crippen molar-refractivity contribution in [1.29, 1.82) is 0 Å². The molecule has 0 aromatic carbocycles. The van der Waals surface area contributed by atoms with E-state index >= 15 is 0 Å². The summed E-state index contributed by atoms with van der Waals surface area (Å²) >= 11 is 0. The average Bonchev–Trinajstić information content (AvgIpc) is 2.57. The molecule has 2 heterocycles. The van der Waals surface area contributed by atoms with Gasteiger partial charge in [0, 0.05) is 6.08 Å².